The van der Waals surface area contributed by atoms with Gasteiger partial charge >= 0.3 is 0 Å². The average molecular weight is 652 g/mol. The zero-order chi connectivity index (χ0) is 34.8. The number of para-hydroxylation sites is 2. The second kappa shape index (κ2) is 11.5. The molecule has 0 saturated carbocycles. The molecule has 0 spiro atoms. The van der Waals surface area contributed by atoms with Crippen LogP contribution in [0.3, 0.4) is 0 Å². The van der Waals surface area contributed by atoms with Crippen LogP contribution in [-0.2, 0) is 16.2 Å². The number of hydrogen-bond acceptors (Lipinski definition) is 4. The highest BCUT2D eigenvalue weighted by Gasteiger charge is 2.48. The number of phenolic OH excluding ortho intramolecular Hbond substituents is 1. The van der Waals surface area contributed by atoms with Crippen molar-refractivity contribution in [1.29, 1.82) is 0 Å². The van der Waals surface area contributed by atoms with Gasteiger partial charge in [-0.15, -0.1) is 0 Å². The molecule has 1 aliphatic rings. The molecule has 4 heteroatoms. The summed E-state index contributed by atoms with van der Waals surface area (Å²) in [5.74, 6) is 0.209. The number of pyridine rings is 1. The second-order valence-corrected chi connectivity index (χ2v) is 15.5. The molecular formula is C46H41N3O. The van der Waals surface area contributed by atoms with Gasteiger partial charge in [0.2, 0.25) is 0 Å². The van der Waals surface area contributed by atoms with Gasteiger partial charge in [-0.3, -0.25) is 4.98 Å². The van der Waals surface area contributed by atoms with E-state index in [0.29, 0.717) is 5.56 Å². The standard InChI is InChI=1S/C46H41N3O/c1-44(2,3)30-21-23-33-34-24-22-31(45(4,5)6)27-38(34)46(37(33)26-30,42-20-12-18-40(49-42)35-15-8-10-19-41(35)50)32-14-11-13-29(25-32)43-36-16-7-9-17-39(36)47-28-48-43/h7-28,50H,1-6H3. The summed E-state index contributed by atoms with van der Waals surface area (Å²) in [6, 6.07) is 44.7. The smallest absolute Gasteiger partial charge is 0.124 e. The zero-order valence-electron chi connectivity index (χ0n) is 29.5. The number of aromatic nitrogens is 3. The van der Waals surface area contributed by atoms with E-state index in [9.17, 15) is 5.11 Å². The van der Waals surface area contributed by atoms with Crippen molar-refractivity contribution in [3.8, 4) is 39.4 Å². The molecular weight excluding hydrogens is 611 g/mol. The molecule has 50 heavy (non-hydrogen) atoms. The summed E-state index contributed by atoms with van der Waals surface area (Å²) < 4.78 is 0. The highest BCUT2D eigenvalue weighted by molar-refractivity contribution is 5.93. The molecule has 5 aromatic carbocycles. The van der Waals surface area contributed by atoms with Crippen molar-refractivity contribution < 1.29 is 5.11 Å². The molecule has 8 rings (SSSR count). The van der Waals surface area contributed by atoms with Crippen LogP contribution in [0.5, 0.6) is 5.75 Å². The minimum atomic E-state index is -0.771. The van der Waals surface area contributed by atoms with E-state index in [-0.39, 0.29) is 16.6 Å². The first kappa shape index (κ1) is 31.6. The Morgan fingerprint density at radius 2 is 1.20 bits per heavy atom. The largest absolute Gasteiger partial charge is 0.507 e. The normalized spacial score (nSPS) is 13.6. The molecule has 1 aliphatic carbocycles. The maximum Gasteiger partial charge on any atom is 0.124 e. The molecule has 0 unspecified atom stereocenters. The molecule has 4 nitrogen and oxygen atoms in total. The van der Waals surface area contributed by atoms with Gasteiger partial charge in [-0.05, 0) is 86.2 Å². The van der Waals surface area contributed by atoms with E-state index < -0.39 is 5.41 Å². The highest BCUT2D eigenvalue weighted by Crippen LogP contribution is 2.57. The number of benzene rings is 5. The Bertz CT molecular complexity index is 2360. The van der Waals surface area contributed by atoms with Crippen LogP contribution in [0.4, 0.5) is 0 Å². The topological polar surface area (TPSA) is 58.9 Å². The van der Waals surface area contributed by atoms with Crippen LogP contribution < -0.4 is 0 Å². The lowest BCUT2D eigenvalue weighted by atomic mass is 9.67. The summed E-state index contributed by atoms with van der Waals surface area (Å²) in [5, 5.41) is 12.0. The van der Waals surface area contributed by atoms with E-state index >= 15 is 0 Å². The fraction of sp³-hybridized carbons (Fsp3) is 0.196. The molecule has 2 aromatic heterocycles. The van der Waals surface area contributed by atoms with Gasteiger partial charge in [-0.2, -0.15) is 0 Å². The van der Waals surface area contributed by atoms with E-state index in [4.69, 9.17) is 9.97 Å². The third kappa shape index (κ3) is 5.01. The van der Waals surface area contributed by atoms with Crippen LogP contribution in [0.15, 0.2) is 134 Å². The second-order valence-electron chi connectivity index (χ2n) is 15.5. The van der Waals surface area contributed by atoms with E-state index in [0.717, 1.165) is 39.1 Å². The summed E-state index contributed by atoms with van der Waals surface area (Å²) in [4.78, 5) is 14.9. The van der Waals surface area contributed by atoms with Gasteiger partial charge in [-0.1, -0.05) is 133 Å². The van der Waals surface area contributed by atoms with Gasteiger partial charge in [-0.25, -0.2) is 9.97 Å². The lowest BCUT2D eigenvalue weighted by Gasteiger charge is -2.35. The number of aromatic hydroxyl groups is 1. The first-order valence-corrected chi connectivity index (χ1v) is 17.3. The van der Waals surface area contributed by atoms with E-state index in [1.807, 2.05) is 42.5 Å². The third-order valence-corrected chi connectivity index (χ3v) is 10.3. The number of phenols is 1. The maximum absolute atomic E-state index is 11.0. The van der Waals surface area contributed by atoms with E-state index in [1.54, 1.807) is 12.4 Å². The third-order valence-electron chi connectivity index (χ3n) is 10.3. The first-order valence-electron chi connectivity index (χ1n) is 17.3. The zero-order valence-corrected chi connectivity index (χ0v) is 29.5. The predicted octanol–water partition coefficient (Wildman–Crippen LogP) is 11.0. The van der Waals surface area contributed by atoms with Gasteiger partial charge < -0.3 is 5.11 Å². The summed E-state index contributed by atoms with van der Waals surface area (Å²) in [5.41, 5.74) is 12.7. The Hall–Kier alpha value is -5.61. The van der Waals surface area contributed by atoms with Crippen molar-refractivity contribution in [3.63, 3.8) is 0 Å². The van der Waals surface area contributed by atoms with Gasteiger partial charge in [0.25, 0.3) is 0 Å². The lowest BCUT2D eigenvalue weighted by Crippen LogP contribution is -2.31. The average Bonchev–Trinajstić information content (AvgIpc) is 3.41. The number of hydrogen-bond donors (Lipinski definition) is 1. The van der Waals surface area contributed by atoms with Crippen LogP contribution in [0.2, 0.25) is 0 Å². The van der Waals surface area contributed by atoms with Gasteiger partial charge in [0, 0.05) is 16.5 Å². The summed E-state index contributed by atoms with van der Waals surface area (Å²) >= 11 is 0. The van der Waals surface area contributed by atoms with Gasteiger partial charge in [0.1, 0.15) is 12.1 Å². The summed E-state index contributed by atoms with van der Waals surface area (Å²) in [6.45, 7) is 13.6. The Balaban J connectivity index is 1.51. The van der Waals surface area contributed by atoms with Crippen molar-refractivity contribution in [2.45, 2.75) is 57.8 Å². The molecule has 0 bridgehead atoms. The molecule has 246 valence electrons. The van der Waals surface area contributed by atoms with Crippen molar-refractivity contribution >= 4 is 10.9 Å². The Kier molecular flexibility index (Phi) is 7.27. The van der Waals surface area contributed by atoms with E-state index in [1.165, 1.54) is 33.4 Å². The monoisotopic (exact) mass is 651 g/mol. The molecule has 2 heterocycles. The molecule has 0 amide bonds. The van der Waals surface area contributed by atoms with Crippen LogP contribution in [-0.4, -0.2) is 20.1 Å². The van der Waals surface area contributed by atoms with Crippen molar-refractivity contribution in [2.24, 2.45) is 0 Å². The first-order chi connectivity index (χ1) is 24.0. The number of fused-ring (bicyclic) bond motifs is 4. The van der Waals surface area contributed by atoms with Crippen LogP contribution in [0.1, 0.15) is 75.1 Å². The van der Waals surface area contributed by atoms with Crippen LogP contribution >= 0.6 is 0 Å². The minimum Gasteiger partial charge on any atom is -0.507 e. The van der Waals surface area contributed by atoms with Crippen molar-refractivity contribution in [2.75, 3.05) is 0 Å². The summed E-state index contributed by atoms with van der Waals surface area (Å²) in [7, 11) is 0. The van der Waals surface area contributed by atoms with Gasteiger partial charge in [0.05, 0.1) is 28.0 Å². The summed E-state index contributed by atoms with van der Waals surface area (Å²) in [6.07, 6.45) is 1.66. The van der Waals surface area contributed by atoms with Gasteiger partial charge in [0.15, 0.2) is 0 Å². The van der Waals surface area contributed by atoms with E-state index in [2.05, 4.69) is 125 Å². The lowest BCUT2D eigenvalue weighted by molar-refractivity contribution is 0.477. The number of rotatable bonds is 4. The quantitative estimate of drug-likeness (QED) is 0.206. The molecule has 0 radical (unpaired) electrons. The highest BCUT2D eigenvalue weighted by atomic mass is 16.3. The van der Waals surface area contributed by atoms with Crippen molar-refractivity contribution in [1.82, 2.24) is 15.0 Å². The molecule has 0 atom stereocenters. The maximum atomic E-state index is 11.0. The van der Waals surface area contributed by atoms with Crippen LogP contribution in [0.25, 0.3) is 44.5 Å². The molecule has 0 fully saturated rings. The van der Waals surface area contributed by atoms with Crippen LogP contribution in [0, 0.1) is 0 Å². The predicted molar refractivity (Wildman–Crippen MR) is 205 cm³/mol. The minimum absolute atomic E-state index is 0.0705. The number of nitrogens with zero attached hydrogens (tertiary/aromatic N) is 3. The molecule has 1 N–H and O–H groups in total. The Labute approximate surface area is 294 Å². The Morgan fingerprint density at radius 3 is 1.88 bits per heavy atom. The molecule has 0 aliphatic heterocycles. The SMILES string of the molecule is CC(C)(C)c1ccc2c(c1)C(c1cccc(-c3ncnc4ccccc34)c1)(c1cccc(-c3ccccc3O)n1)c1cc(C(C)(C)C)ccc1-2. The fourth-order valence-corrected chi connectivity index (χ4v) is 7.61. The Morgan fingerprint density at radius 1 is 0.560 bits per heavy atom. The molecule has 0 saturated heterocycles. The van der Waals surface area contributed by atoms with Crippen molar-refractivity contribution in [3.05, 3.63) is 167 Å². The fourth-order valence-electron chi connectivity index (χ4n) is 7.61. The molecule has 7 aromatic rings.